The first-order valence-corrected chi connectivity index (χ1v) is 20.0. The second-order valence-electron chi connectivity index (χ2n) is 19.0. The molecule has 262 valence electrons. The summed E-state index contributed by atoms with van der Waals surface area (Å²) in [6, 6.07) is 40.7. The van der Waals surface area contributed by atoms with Crippen molar-refractivity contribution in [2.24, 2.45) is 0 Å². The highest BCUT2D eigenvalue weighted by Gasteiger charge is 2.62. The molecule has 0 bridgehead atoms. The van der Waals surface area contributed by atoms with E-state index in [1.807, 2.05) is 0 Å². The van der Waals surface area contributed by atoms with Crippen molar-refractivity contribution in [2.45, 2.75) is 103 Å². The van der Waals surface area contributed by atoms with Crippen molar-refractivity contribution < 1.29 is 0 Å². The highest BCUT2D eigenvalue weighted by atomic mass is 15.3. The number of aryl methyl sites for hydroxylation is 1. The Morgan fingerprint density at radius 1 is 0.623 bits per heavy atom. The van der Waals surface area contributed by atoms with Gasteiger partial charge in [-0.3, -0.25) is 0 Å². The second kappa shape index (κ2) is 10.1. The normalized spacial score (nSPS) is 22.6. The van der Waals surface area contributed by atoms with Gasteiger partial charge in [0.25, 0.3) is 0 Å². The van der Waals surface area contributed by atoms with Crippen LogP contribution in [0.15, 0.2) is 103 Å². The molecule has 5 aliphatic rings. The molecule has 0 N–H and O–H groups in total. The van der Waals surface area contributed by atoms with Crippen LogP contribution in [0.3, 0.4) is 0 Å². The van der Waals surface area contributed by atoms with Crippen molar-refractivity contribution in [1.82, 2.24) is 0 Å². The van der Waals surface area contributed by atoms with Crippen molar-refractivity contribution in [3.63, 3.8) is 0 Å². The summed E-state index contributed by atoms with van der Waals surface area (Å²) in [5.41, 5.74) is 21.2. The maximum Gasteiger partial charge on any atom is 0.333 e. The third-order valence-corrected chi connectivity index (χ3v) is 14.7. The summed E-state index contributed by atoms with van der Waals surface area (Å²) in [4.78, 5) is 5.63. The fourth-order valence-corrected chi connectivity index (χ4v) is 11.7. The molecule has 3 heterocycles. The Hall–Kier alpha value is -4.76. The molecule has 2 atom stereocenters. The lowest BCUT2D eigenvalue weighted by Gasteiger charge is -2.53. The number of hydrogen-bond donors (Lipinski definition) is 0. The lowest BCUT2D eigenvalue weighted by molar-refractivity contribution is 0.195. The predicted octanol–water partition coefficient (Wildman–Crippen LogP) is 11.7. The zero-order valence-electron chi connectivity index (χ0n) is 32.6. The Kier molecular flexibility index (Phi) is 6.02. The van der Waals surface area contributed by atoms with E-state index in [4.69, 9.17) is 0 Å². The van der Waals surface area contributed by atoms with Gasteiger partial charge in [-0.25, -0.2) is 0 Å². The minimum atomic E-state index is -0.0836. The van der Waals surface area contributed by atoms with Crippen LogP contribution in [0, 0.1) is 6.92 Å². The molecule has 0 saturated heterocycles. The quantitative estimate of drug-likeness (QED) is 0.159. The van der Waals surface area contributed by atoms with Gasteiger partial charge in [-0.05, 0) is 129 Å². The zero-order chi connectivity index (χ0) is 36.4. The van der Waals surface area contributed by atoms with Crippen molar-refractivity contribution in [2.75, 3.05) is 9.71 Å². The van der Waals surface area contributed by atoms with E-state index in [9.17, 15) is 0 Å². The summed E-state index contributed by atoms with van der Waals surface area (Å²) in [5, 5.41) is 2.59. The van der Waals surface area contributed by atoms with Gasteiger partial charge in [-0.2, -0.15) is 0 Å². The van der Waals surface area contributed by atoms with E-state index in [2.05, 4.69) is 168 Å². The van der Waals surface area contributed by atoms with Crippen LogP contribution in [0.5, 0.6) is 0 Å². The summed E-state index contributed by atoms with van der Waals surface area (Å²) >= 11 is 0. The fraction of sp³-hybridized carbons (Fsp3) is 0.320. The van der Waals surface area contributed by atoms with E-state index in [1.165, 1.54) is 115 Å². The first-order valence-electron chi connectivity index (χ1n) is 20.0. The molecule has 1 fully saturated rings. The number of rotatable bonds is 1. The van der Waals surface area contributed by atoms with Gasteiger partial charge in [0.05, 0.1) is 5.54 Å². The Bertz CT molecular complexity index is 2610. The van der Waals surface area contributed by atoms with Crippen LogP contribution in [-0.4, -0.2) is 12.4 Å². The molecule has 6 aromatic carbocycles. The van der Waals surface area contributed by atoms with Crippen LogP contribution in [0.1, 0.15) is 102 Å². The average Bonchev–Trinajstić information content (AvgIpc) is 3.49. The lowest BCUT2D eigenvalue weighted by Crippen LogP contribution is -2.64. The third-order valence-electron chi connectivity index (χ3n) is 14.7. The van der Waals surface area contributed by atoms with E-state index in [-0.39, 0.29) is 28.6 Å². The van der Waals surface area contributed by atoms with Crippen molar-refractivity contribution in [3.8, 4) is 22.3 Å². The van der Waals surface area contributed by atoms with Gasteiger partial charge >= 0.3 is 6.85 Å². The molecular formula is C50H49BN2. The summed E-state index contributed by atoms with van der Waals surface area (Å²) in [6.07, 6.45) is 5.01. The van der Waals surface area contributed by atoms with Crippen LogP contribution in [0.4, 0.5) is 22.7 Å². The van der Waals surface area contributed by atoms with Gasteiger partial charge in [-0.1, -0.05) is 127 Å². The van der Waals surface area contributed by atoms with Crippen molar-refractivity contribution in [3.05, 3.63) is 131 Å². The smallest absolute Gasteiger partial charge is 0.333 e. The van der Waals surface area contributed by atoms with Crippen LogP contribution < -0.4 is 20.6 Å². The Morgan fingerprint density at radius 2 is 1.34 bits per heavy atom. The lowest BCUT2D eigenvalue weighted by atomic mass is 9.43. The molecule has 0 spiro atoms. The minimum absolute atomic E-state index is 0.00321. The summed E-state index contributed by atoms with van der Waals surface area (Å²) in [7, 11) is 0. The molecular weight excluding hydrogens is 639 g/mol. The Balaban J connectivity index is 1.27. The number of nitrogens with zero attached hydrogens (tertiary/aromatic N) is 2. The average molecular weight is 689 g/mol. The van der Waals surface area contributed by atoms with Crippen molar-refractivity contribution in [1.29, 1.82) is 0 Å². The molecule has 3 aliphatic heterocycles. The fourth-order valence-electron chi connectivity index (χ4n) is 11.7. The first kappa shape index (κ1) is 31.7. The topological polar surface area (TPSA) is 6.48 Å². The highest BCUT2D eigenvalue weighted by molar-refractivity contribution is 6.93. The molecule has 2 nitrogen and oxygen atoms in total. The number of anilines is 4. The molecule has 6 aromatic rings. The SMILES string of the molecule is Cc1cc2c3c(c1)N1c4c(cc(C(C)(C)C)cc4C4(C)CCCCC14C)B3N(c1ccc3c(c1)C(C)(C)c1ccccc1-3)c1cc3ccccc3cc1-2. The second-order valence-corrected chi connectivity index (χ2v) is 19.0. The molecule has 2 aliphatic carbocycles. The predicted molar refractivity (Wildman–Crippen MR) is 227 cm³/mol. The van der Waals surface area contributed by atoms with Gasteiger partial charge in [0, 0.05) is 39.1 Å². The summed E-state index contributed by atoms with van der Waals surface area (Å²) in [6.45, 7) is 19.6. The van der Waals surface area contributed by atoms with Gasteiger partial charge in [0.1, 0.15) is 0 Å². The summed E-state index contributed by atoms with van der Waals surface area (Å²) < 4.78 is 0. The zero-order valence-corrected chi connectivity index (χ0v) is 32.6. The molecule has 0 aromatic heterocycles. The first-order chi connectivity index (χ1) is 25.3. The molecule has 0 amide bonds. The molecule has 3 heteroatoms. The molecule has 2 unspecified atom stereocenters. The monoisotopic (exact) mass is 688 g/mol. The largest absolute Gasteiger partial charge is 0.376 e. The van der Waals surface area contributed by atoms with Gasteiger partial charge in [-0.15, -0.1) is 0 Å². The summed E-state index contributed by atoms with van der Waals surface area (Å²) in [5.74, 6) is 0. The molecule has 1 saturated carbocycles. The maximum absolute atomic E-state index is 2.87. The molecule has 0 radical (unpaired) electrons. The number of benzene rings is 6. The van der Waals surface area contributed by atoms with E-state index < -0.39 is 0 Å². The van der Waals surface area contributed by atoms with Crippen molar-refractivity contribution >= 4 is 51.3 Å². The molecule has 53 heavy (non-hydrogen) atoms. The number of fused-ring (bicyclic) bond motifs is 11. The third kappa shape index (κ3) is 3.86. The Morgan fingerprint density at radius 3 is 2.13 bits per heavy atom. The van der Waals surface area contributed by atoms with Crippen LogP contribution in [-0.2, 0) is 16.2 Å². The highest BCUT2D eigenvalue weighted by Crippen LogP contribution is 2.63. The van der Waals surface area contributed by atoms with E-state index >= 15 is 0 Å². The standard InChI is InChI=1S/C50H49BN2/c1-30-23-38-37-25-31-15-9-10-16-32(31)26-43(37)53(34-19-20-36-35-17-11-12-18-39(35)48(5,6)40(36)29-34)51-42-28-33(47(2,3)4)27-41-46(42)52(44(24-30)45(38)51)50(8)22-14-13-21-49(41,50)7/h9-12,15-20,23-29H,13-14,21-22H2,1-8H3. The van der Waals surface area contributed by atoms with E-state index in [0.717, 1.165) is 0 Å². The van der Waals surface area contributed by atoms with Gasteiger partial charge in [0.15, 0.2) is 0 Å². The van der Waals surface area contributed by atoms with E-state index in [1.54, 1.807) is 5.56 Å². The van der Waals surface area contributed by atoms with Gasteiger partial charge in [0.2, 0.25) is 0 Å². The Labute approximate surface area is 316 Å². The minimum Gasteiger partial charge on any atom is -0.376 e. The van der Waals surface area contributed by atoms with Crippen LogP contribution in [0.25, 0.3) is 33.0 Å². The molecule has 11 rings (SSSR count). The van der Waals surface area contributed by atoms with Crippen LogP contribution in [0.2, 0.25) is 0 Å². The van der Waals surface area contributed by atoms with Gasteiger partial charge < -0.3 is 9.71 Å². The maximum atomic E-state index is 2.87. The van der Waals surface area contributed by atoms with Crippen LogP contribution >= 0.6 is 0 Å². The number of hydrogen-bond acceptors (Lipinski definition) is 2. The van der Waals surface area contributed by atoms with E-state index in [0.29, 0.717) is 0 Å².